The van der Waals surface area contributed by atoms with Gasteiger partial charge in [0.15, 0.2) is 0 Å². The molecule has 0 N–H and O–H groups in total. The van der Waals surface area contributed by atoms with Gasteiger partial charge in [0.1, 0.15) is 0 Å². The summed E-state index contributed by atoms with van der Waals surface area (Å²) in [5.41, 5.74) is 6.00. The maximum absolute atomic E-state index is 4.41. The third kappa shape index (κ3) is 1.80. The van der Waals surface area contributed by atoms with Crippen LogP contribution in [-0.2, 0) is 7.05 Å². The number of rotatable bonds is 1. The Morgan fingerprint density at radius 2 is 1.81 bits per heavy atom. The van der Waals surface area contributed by atoms with Crippen molar-refractivity contribution in [3.05, 3.63) is 39.5 Å². The highest BCUT2D eigenvalue weighted by Gasteiger charge is 2.12. The van der Waals surface area contributed by atoms with Crippen molar-refractivity contribution in [3.8, 4) is 11.3 Å². The number of benzene rings is 1. The van der Waals surface area contributed by atoms with Crippen LogP contribution in [0.4, 0.5) is 0 Å². The minimum Gasteiger partial charge on any atom is -0.266 e. The van der Waals surface area contributed by atoms with Gasteiger partial charge in [-0.1, -0.05) is 12.1 Å². The second kappa shape index (κ2) is 4.06. The zero-order valence-electron chi connectivity index (χ0n) is 10.0. The van der Waals surface area contributed by atoms with E-state index in [-0.39, 0.29) is 0 Å². The summed E-state index contributed by atoms with van der Waals surface area (Å²) in [6, 6.07) is 6.50. The van der Waals surface area contributed by atoms with Crippen LogP contribution in [0.2, 0.25) is 0 Å². The Balaban J connectivity index is 2.63. The summed E-state index contributed by atoms with van der Waals surface area (Å²) < 4.78 is 3.00. The predicted molar refractivity (Wildman–Crippen MR) is 70.6 cm³/mol. The van der Waals surface area contributed by atoms with Crippen LogP contribution in [0.25, 0.3) is 11.3 Å². The first-order valence-electron chi connectivity index (χ1n) is 5.27. The maximum atomic E-state index is 4.41. The molecule has 0 fully saturated rings. The molecule has 0 bridgehead atoms. The normalized spacial score (nSPS) is 10.8. The van der Waals surface area contributed by atoms with Crippen molar-refractivity contribution < 1.29 is 0 Å². The number of hydrogen-bond acceptors (Lipinski definition) is 1. The topological polar surface area (TPSA) is 17.8 Å². The van der Waals surface area contributed by atoms with Crippen molar-refractivity contribution in [3.63, 3.8) is 0 Å². The highest BCUT2D eigenvalue weighted by Crippen LogP contribution is 2.31. The summed E-state index contributed by atoms with van der Waals surface area (Å²) >= 11 is 3.60. The first-order chi connectivity index (χ1) is 7.50. The average molecular weight is 279 g/mol. The molecule has 2 rings (SSSR count). The van der Waals surface area contributed by atoms with Crippen LogP contribution >= 0.6 is 15.9 Å². The molecule has 0 amide bonds. The summed E-state index contributed by atoms with van der Waals surface area (Å²) in [4.78, 5) is 0. The van der Waals surface area contributed by atoms with Gasteiger partial charge in [0, 0.05) is 12.6 Å². The number of nitrogens with zero attached hydrogens (tertiary/aromatic N) is 2. The van der Waals surface area contributed by atoms with Gasteiger partial charge in [-0.15, -0.1) is 0 Å². The molecule has 2 aromatic rings. The Morgan fingerprint density at radius 3 is 2.31 bits per heavy atom. The van der Waals surface area contributed by atoms with Crippen LogP contribution in [0.15, 0.2) is 22.7 Å². The summed E-state index contributed by atoms with van der Waals surface area (Å²) in [5, 5.41) is 4.41. The van der Waals surface area contributed by atoms with Crippen LogP contribution in [-0.4, -0.2) is 9.78 Å². The summed E-state index contributed by atoms with van der Waals surface area (Å²) in [6.07, 6.45) is 0. The largest absolute Gasteiger partial charge is 0.266 e. The van der Waals surface area contributed by atoms with Gasteiger partial charge in [0.2, 0.25) is 0 Å². The summed E-state index contributed by atoms with van der Waals surface area (Å²) in [7, 11) is 1.97. The zero-order chi connectivity index (χ0) is 11.9. The molecule has 1 aromatic carbocycles. The molecule has 16 heavy (non-hydrogen) atoms. The molecule has 3 heteroatoms. The first-order valence-corrected chi connectivity index (χ1v) is 6.06. The monoisotopic (exact) mass is 278 g/mol. The Morgan fingerprint density at radius 1 is 1.12 bits per heavy atom. The fraction of sp³-hybridized carbons (Fsp3) is 0.308. The number of aromatic nitrogens is 2. The molecule has 0 aliphatic rings. The van der Waals surface area contributed by atoms with E-state index in [4.69, 9.17) is 0 Å². The number of halogens is 1. The molecule has 0 unspecified atom stereocenters. The second-order valence-corrected chi connectivity index (χ2v) is 4.96. The van der Waals surface area contributed by atoms with E-state index in [9.17, 15) is 0 Å². The van der Waals surface area contributed by atoms with Crippen molar-refractivity contribution >= 4 is 15.9 Å². The van der Waals surface area contributed by atoms with E-state index in [2.05, 4.69) is 53.1 Å². The molecule has 0 aliphatic carbocycles. The first kappa shape index (κ1) is 11.4. The molecule has 0 saturated carbocycles. The minimum atomic E-state index is 1.02. The van der Waals surface area contributed by atoms with Gasteiger partial charge in [-0.05, 0) is 53.9 Å². The Bertz CT molecular complexity index is 541. The van der Waals surface area contributed by atoms with Crippen LogP contribution in [0.1, 0.15) is 16.8 Å². The van der Waals surface area contributed by atoms with Crippen LogP contribution in [0.5, 0.6) is 0 Å². The van der Waals surface area contributed by atoms with Gasteiger partial charge in [-0.2, -0.15) is 5.10 Å². The van der Waals surface area contributed by atoms with E-state index in [1.165, 1.54) is 16.7 Å². The molecule has 0 atom stereocenters. The van der Waals surface area contributed by atoms with E-state index in [1.807, 2.05) is 18.7 Å². The van der Waals surface area contributed by atoms with E-state index in [0.717, 1.165) is 15.9 Å². The van der Waals surface area contributed by atoms with E-state index < -0.39 is 0 Å². The number of hydrogen-bond donors (Lipinski definition) is 0. The molecule has 1 aromatic heterocycles. The lowest BCUT2D eigenvalue weighted by molar-refractivity contribution is 0.764. The molecule has 0 aliphatic heterocycles. The molecule has 0 radical (unpaired) electrons. The molecular formula is C13H15BrN2. The fourth-order valence-electron chi connectivity index (χ4n) is 1.83. The Hall–Kier alpha value is -1.09. The standard InChI is InChI=1S/C13H15BrN2/c1-8-5-6-11(7-9(8)2)13-12(14)10(3)15-16(13)4/h5-7H,1-4H3. The summed E-state index contributed by atoms with van der Waals surface area (Å²) in [6.45, 7) is 6.27. The van der Waals surface area contributed by atoms with Crippen molar-refractivity contribution in [2.45, 2.75) is 20.8 Å². The van der Waals surface area contributed by atoms with Crippen molar-refractivity contribution in [1.82, 2.24) is 9.78 Å². The fourth-order valence-corrected chi connectivity index (χ4v) is 2.40. The van der Waals surface area contributed by atoms with Gasteiger partial charge in [0.05, 0.1) is 15.9 Å². The lowest BCUT2D eigenvalue weighted by atomic mass is 10.0. The average Bonchev–Trinajstić information content (AvgIpc) is 2.47. The molecule has 0 spiro atoms. The molecule has 1 heterocycles. The smallest absolute Gasteiger partial charge is 0.0824 e. The van der Waals surface area contributed by atoms with E-state index >= 15 is 0 Å². The maximum Gasteiger partial charge on any atom is 0.0824 e. The Labute approximate surface area is 104 Å². The van der Waals surface area contributed by atoms with Crippen molar-refractivity contribution in [2.24, 2.45) is 7.05 Å². The van der Waals surface area contributed by atoms with E-state index in [1.54, 1.807) is 0 Å². The molecule has 84 valence electrons. The molecule has 2 nitrogen and oxygen atoms in total. The second-order valence-electron chi connectivity index (χ2n) is 4.17. The quantitative estimate of drug-likeness (QED) is 0.777. The third-order valence-corrected chi connectivity index (χ3v) is 3.88. The van der Waals surface area contributed by atoms with Crippen LogP contribution in [0, 0.1) is 20.8 Å². The van der Waals surface area contributed by atoms with Gasteiger partial charge in [-0.25, -0.2) is 0 Å². The predicted octanol–water partition coefficient (Wildman–Crippen LogP) is 3.77. The van der Waals surface area contributed by atoms with Crippen molar-refractivity contribution in [2.75, 3.05) is 0 Å². The molecular weight excluding hydrogens is 264 g/mol. The Kier molecular flexibility index (Phi) is 2.89. The van der Waals surface area contributed by atoms with Gasteiger partial charge in [-0.3, -0.25) is 4.68 Å². The van der Waals surface area contributed by atoms with E-state index in [0.29, 0.717) is 0 Å². The zero-order valence-corrected chi connectivity index (χ0v) is 11.6. The lowest BCUT2D eigenvalue weighted by Crippen LogP contribution is -1.94. The molecule has 0 saturated heterocycles. The van der Waals surface area contributed by atoms with Gasteiger partial charge < -0.3 is 0 Å². The SMILES string of the molecule is Cc1ccc(-c2c(Br)c(C)nn2C)cc1C. The van der Waals surface area contributed by atoms with Gasteiger partial charge in [0.25, 0.3) is 0 Å². The third-order valence-electron chi connectivity index (χ3n) is 2.93. The van der Waals surface area contributed by atoms with Crippen LogP contribution in [0.3, 0.4) is 0 Å². The highest BCUT2D eigenvalue weighted by atomic mass is 79.9. The van der Waals surface area contributed by atoms with Crippen LogP contribution < -0.4 is 0 Å². The highest BCUT2D eigenvalue weighted by molar-refractivity contribution is 9.10. The minimum absolute atomic E-state index is 1.02. The number of aryl methyl sites for hydroxylation is 4. The lowest BCUT2D eigenvalue weighted by Gasteiger charge is -2.06. The summed E-state index contributed by atoms with van der Waals surface area (Å²) in [5.74, 6) is 0. The van der Waals surface area contributed by atoms with Crippen molar-refractivity contribution in [1.29, 1.82) is 0 Å². The van der Waals surface area contributed by atoms with Gasteiger partial charge >= 0.3 is 0 Å².